The van der Waals surface area contributed by atoms with Gasteiger partial charge in [-0.1, -0.05) is 0 Å². The number of carbonyl (C=O) groups excluding carboxylic acids is 1. The van der Waals surface area contributed by atoms with Crippen molar-refractivity contribution in [3.8, 4) is 0 Å². The van der Waals surface area contributed by atoms with Crippen molar-refractivity contribution in [2.24, 2.45) is 5.92 Å². The van der Waals surface area contributed by atoms with Crippen molar-refractivity contribution in [2.75, 3.05) is 11.4 Å². The van der Waals surface area contributed by atoms with Crippen LogP contribution in [0.15, 0.2) is 12.3 Å². The summed E-state index contributed by atoms with van der Waals surface area (Å²) < 4.78 is 0. The van der Waals surface area contributed by atoms with E-state index in [4.69, 9.17) is 0 Å². The number of aldehydes is 1. The molecule has 17 heavy (non-hydrogen) atoms. The number of aryl methyl sites for hydroxylation is 1. The van der Waals surface area contributed by atoms with Gasteiger partial charge in [-0.3, -0.25) is 4.79 Å². The van der Waals surface area contributed by atoms with E-state index in [1.54, 1.807) is 6.20 Å². The standard InChI is InChI=1S/C14H18N2O/c1-10-6-12(9-17)7-15-14(10)16(13-4-5-13)8-11-2-3-11/h6-7,9,11,13H,2-5,8H2,1H3. The first-order valence-corrected chi connectivity index (χ1v) is 6.46. The molecule has 0 atom stereocenters. The van der Waals surface area contributed by atoms with Crippen molar-refractivity contribution in [3.05, 3.63) is 23.4 Å². The van der Waals surface area contributed by atoms with E-state index in [1.165, 1.54) is 25.7 Å². The van der Waals surface area contributed by atoms with Crippen LogP contribution in [0.3, 0.4) is 0 Å². The quantitative estimate of drug-likeness (QED) is 0.729. The van der Waals surface area contributed by atoms with Gasteiger partial charge in [0.25, 0.3) is 0 Å². The molecule has 0 spiro atoms. The number of hydrogen-bond donors (Lipinski definition) is 0. The summed E-state index contributed by atoms with van der Waals surface area (Å²) in [6, 6.07) is 2.64. The second-order valence-corrected chi connectivity index (χ2v) is 5.35. The van der Waals surface area contributed by atoms with Crippen molar-refractivity contribution >= 4 is 12.1 Å². The smallest absolute Gasteiger partial charge is 0.151 e. The van der Waals surface area contributed by atoms with Gasteiger partial charge < -0.3 is 4.90 Å². The number of pyridine rings is 1. The number of rotatable bonds is 5. The van der Waals surface area contributed by atoms with Crippen LogP contribution in [0.1, 0.15) is 41.6 Å². The Kier molecular flexibility index (Phi) is 2.61. The molecule has 0 aliphatic heterocycles. The van der Waals surface area contributed by atoms with E-state index in [9.17, 15) is 4.79 Å². The largest absolute Gasteiger partial charge is 0.353 e. The first kappa shape index (κ1) is 10.8. The van der Waals surface area contributed by atoms with Crippen LogP contribution >= 0.6 is 0 Å². The molecule has 2 fully saturated rings. The molecular weight excluding hydrogens is 212 g/mol. The maximum absolute atomic E-state index is 10.7. The fraction of sp³-hybridized carbons (Fsp3) is 0.571. The monoisotopic (exact) mass is 230 g/mol. The molecule has 1 aromatic heterocycles. The third-order valence-corrected chi connectivity index (χ3v) is 3.62. The van der Waals surface area contributed by atoms with E-state index in [2.05, 4.69) is 16.8 Å². The summed E-state index contributed by atoms with van der Waals surface area (Å²) >= 11 is 0. The Hall–Kier alpha value is -1.38. The van der Waals surface area contributed by atoms with Gasteiger partial charge in [0.1, 0.15) is 5.82 Å². The minimum absolute atomic E-state index is 0.674. The van der Waals surface area contributed by atoms with Crippen molar-refractivity contribution in [1.29, 1.82) is 0 Å². The summed E-state index contributed by atoms with van der Waals surface area (Å²) in [4.78, 5) is 17.7. The molecule has 0 radical (unpaired) electrons. The zero-order valence-corrected chi connectivity index (χ0v) is 10.2. The van der Waals surface area contributed by atoms with Gasteiger partial charge in [0, 0.05) is 24.3 Å². The Bertz CT molecular complexity index is 436. The topological polar surface area (TPSA) is 33.2 Å². The molecule has 3 heteroatoms. The van der Waals surface area contributed by atoms with Gasteiger partial charge in [-0.2, -0.15) is 0 Å². The molecule has 90 valence electrons. The van der Waals surface area contributed by atoms with Crippen molar-refractivity contribution in [2.45, 2.75) is 38.6 Å². The molecule has 0 aromatic carbocycles. The Morgan fingerprint density at radius 3 is 2.71 bits per heavy atom. The Labute approximate surface area is 102 Å². The molecule has 1 aromatic rings. The molecule has 0 amide bonds. The summed E-state index contributed by atoms with van der Waals surface area (Å²) in [5, 5.41) is 0. The molecule has 2 aliphatic carbocycles. The van der Waals surface area contributed by atoms with Crippen molar-refractivity contribution in [1.82, 2.24) is 4.98 Å². The SMILES string of the molecule is Cc1cc(C=O)cnc1N(CC1CC1)C1CC1. The van der Waals surface area contributed by atoms with E-state index >= 15 is 0 Å². The summed E-state index contributed by atoms with van der Waals surface area (Å²) in [6.45, 7) is 3.20. The number of carbonyl (C=O) groups is 1. The minimum Gasteiger partial charge on any atom is -0.353 e. The maximum Gasteiger partial charge on any atom is 0.151 e. The molecule has 3 rings (SSSR count). The fourth-order valence-corrected chi connectivity index (χ4v) is 2.33. The predicted octanol–water partition coefficient (Wildman–Crippen LogP) is 2.58. The Morgan fingerprint density at radius 2 is 2.18 bits per heavy atom. The lowest BCUT2D eigenvalue weighted by molar-refractivity contribution is 0.112. The summed E-state index contributed by atoms with van der Waals surface area (Å²) in [6.07, 6.45) is 7.89. The van der Waals surface area contributed by atoms with Gasteiger partial charge in [-0.15, -0.1) is 0 Å². The van der Waals surface area contributed by atoms with E-state index in [0.29, 0.717) is 11.6 Å². The third kappa shape index (κ3) is 2.33. The zero-order chi connectivity index (χ0) is 11.8. The number of hydrogen-bond acceptors (Lipinski definition) is 3. The molecule has 0 unspecified atom stereocenters. The molecule has 3 nitrogen and oxygen atoms in total. The summed E-state index contributed by atoms with van der Waals surface area (Å²) in [7, 11) is 0. The molecule has 1 heterocycles. The van der Waals surface area contributed by atoms with Gasteiger partial charge in [0.15, 0.2) is 6.29 Å². The minimum atomic E-state index is 0.674. The molecule has 0 bridgehead atoms. The van der Waals surface area contributed by atoms with Crippen LogP contribution in [0.2, 0.25) is 0 Å². The lowest BCUT2D eigenvalue weighted by atomic mass is 10.2. The average molecular weight is 230 g/mol. The lowest BCUT2D eigenvalue weighted by Crippen LogP contribution is -2.29. The highest BCUT2D eigenvalue weighted by atomic mass is 16.1. The van der Waals surface area contributed by atoms with Gasteiger partial charge in [0.05, 0.1) is 0 Å². The average Bonchev–Trinajstić information content (AvgIpc) is 3.18. The van der Waals surface area contributed by atoms with Crippen LogP contribution in [0.4, 0.5) is 5.82 Å². The van der Waals surface area contributed by atoms with Gasteiger partial charge >= 0.3 is 0 Å². The van der Waals surface area contributed by atoms with Crippen LogP contribution in [0.25, 0.3) is 0 Å². The van der Waals surface area contributed by atoms with Gasteiger partial charge in [0.2, 0.25) is 0 Å². The second kappa shape index (κ2) is 4.13. The van der Waals surface area contributed by atoms with Crippen molar-refractivity contribution < 1.29 is 4.79 Å². The molecule has 0 N–H and O–H groups in total. The molecular formula is C14H18N2O. The maximum atomic E-state index is 10.7. The highest BCUT2D eigenvalue weighted by molar-refractivity contribution is 5.75. The van der Waals surface area contributed by atoms with E-state index in [-0.39, 0.29) is 0 Å². The normalized spacial score (nSPS) is 19.1. The number of nitrogens with zero attached hydrogens (tertiary/aromatic N) is 2. The summed E-state index contributed by atoms with van der Waals surface area (Å²) in [5.41, 5.74) is 1.80. The summed E-state index contributed by atoms with van der Waals surface area (Å²) in [5.74, 6) is 1.97. The molecule has 0 saturated heterocycles. The van der Waals surface area contributed by atoms with E-state index in [0.717, 1.165) is 30.1 Å². The first-order valence-electron chi connectivity index (χ1n) is 6.46. The second-order valence-electron chi connectivity index (χ2n) is 5.35. The molecule has 2 saturated carbocycles. The van der Waals surface area contributed by atoms with E-state index < -0.39 is 0 Å². The lowest BCUT2D eigenvalue weighted by Gasteiger charge is -2.25. The van der Waals surface area contributed by atoms with Crippen LogP contribution in [0.5, 0.6) is 0 Å². The first-order chi connectivity index (χ1) is 8.28. The van der Waals surface area contributed by atoms with Gasteiger partial charge in [-0.25, -0.2) is 4.98 Å². The Morgan fingerprint density at radius 1 is 1.41 bits per heavy atom. The van der Waals surface area contributed by atoms with Gasteiger partial charge in [-0.05, 0) is 50.2 Å². The fourth-order valence-electron chi connectivity index (χ4n) is 2.33. The number of aromatic nitrogens is 1. The van der Waals surface area contributed by atoms with Crippen molar-refractivity contribution in [3.63, 3.8) is 0 Å². The third-order valence-electron chi connectivity index (χ3n) is 3.62. The van der Waals surface area contributed by atoms with Crippen LogP contribution < -0.4 is 4.90 Å². The predicted molar refractivity (Wildman–Crippen MR) is 67.5 cm³/mol. The number of anilines is 1. The zero-order valence-electron chi connectivity index (χ0n) is 10.2. The molecule has 2 aliphatic rings. The van der Waals surface area contributed by atoms with Crippen LogP contribution in [-0.4, -0.2) is 23.9 Å². The Balaban J connectivity index is 1.85. The highest BCUT2D eigenvalue weighted by Gasteiger charge is 2.34. The van der Waals surface area contributed by atoms with Crippen LogP contribution in [0, 0.1) is 12.8 Å². The van der Waals surface area contributed by atoms with E-state index in [1.807, 2.05) is 6.07 Å². The highest BCUT2D eigenvalue weighted by Crippen LogP contribution is 2.37. The van der Waals surface area contributed by atoms with Crippen LogP contribution in [-0.2, 0) is 0 Å².